The van der Waals surface area contributed by atoms with Crippen LogP contribution in [0, 0.1) is 34.0 Å². The maximum absolute atomic E-state index is 9.15. The lowest BCUT2D eigenvalue weighted by molar-refractivity contribution is 0.888. The summed E-state index contributed by atoms with van der Waals surface area (Å²) in [5, 5.41) is 29.9. The van der Waals surface area contributed by atoms with Gasteiger partial charge in [0, 0.05) is 5.70 Å². The molecule has 0 aromatic rings. The van der Waals surface area contributed by atoms with Crippen molar-refractivity contribution in [1.29, 1.82) is 15.8 Å². The van der Waals surface area contributed by atoms with Gasteiger partial charge in [0.1, 0.15) is 18.2 Å². The van der Waals surface area contributed by atoms with Crippen LogP contribution in [0.1, 0.15) is 27.2 Å². The molecule has 84 valence electrons. The first-order valence-corrected chi connectivity index (χ1v) is 5.23. The van der Waals surface area contributed by atoms with E-state index < -0.39 is 0 Å². The second-order valence-electron chi connectivity index (χ2n) is 3.67. The Morgan fingerprint density at radius 3 is 2.18 bits per heavy atom. The van der Waals surface area contributed by atoms with Crippen LogP contribution < -0.4 is 5.32 Å². The summed E-state index contributed by atoms with van der Waals surface area (Å²) in [4.78, 5) is 0. The molecule has 0 spiro atoms. The van der Waals surface area contributed by atoms with Crippen molar-refractivity contribution >= 4 is 0 Å². The average molecular weight is 224 g/mol. The fourth-order valence-electron chi connectivity index (χ4n) is 1.94. The molecule has 1 rings (SSSR count). The zero-order valence-electron chi connectivity index (χ0n) is 10.0. The number of nitrogens with zero attached hydrogens (tertiary/aromatic N) is 3. The van der Waals surface area contributed by atoms with E-state index >= 15 is 0 Å². The van der Waals surface area contributed by atoms with Crippen molar-refractivity contribution in [2.45, 2.75) is 27.2 Å². The highest BCUT2D eigenvalue weighted by atomic mass is 14.9. The second-order valence-corrected chi connectivity index (χ2v) is 3.67. The van der Waals surface area contributed by atoms with Crippen molar-refractivity contribution in [3.8, 4) is 18.2 Å². The molecule has 1 N–H and O–H groups in total. The lowest BCUT2D eigenvalue weighted by atomic mass is 9.91. The third kappa shape index (κ3) is 2.05. The molecule has 0 aliphatic carbocycles. The van der Waals surface area contributed by atoms with Crippen LogP contribution in [-0.4, -0.2) is 0 Å². The van der Waals surface area contributed by atoms with Crippen molar-refractivity contribution in [2.24, 2.45) is 0 Å². The summed E-state index contributed by atoms with van der Waals surface area (Å²) >= 11 is 0. The van der Waals surface area contributed by atoms with Gasteiger partial charge in [-0.15, -0.1) is 0 Å². The van der Waals surface area contributed by atoms with Gasteiger partial charge in [-0.05, 0) is 31.4 Å². The Labute approximate surface area is 101 Å². The third-order valence-corrected chi connectivity index (χ3v) is 2.78. The molecule has 0 aromatic heterocycles. The van der Waals surface area contributed by atoms with E-state index in [4.69, 9.17) is 15.8 Å². The highest BCUT2D eigenvalue weighted by Gasteiger charge is 2.22. The topological polar surface area (TPSA) is 83.4 Å². The van der Waals surface area contributed by atoms with E-state index in [-0.39, 0.29) is 5.57 Å². The van der Waals surface area contributed by atoms with Crippen LogP contribution in [0.4, 0.5) is 0 Å². The SMILES string of the molecule is CCC1=C(C)NC(=C(C#N)C#N)C(C#N)=C1C. The number of hydrogen-bond acceptors (Lipinski definition) is 4. The van der Waals surface area contributed by atoms with E-state index in [9.17, 15) is 0 Å². The number of rotatable bonds is 1. The molecule has 0 bridgehead atoms. The summed E-state index contributed by atoms with van der Waals surface area (Å²) < 4.78 is 0. The molecule has 0 unspecified atom stereocenters. The molecule has 0 saturated carbocycles. The normalized spacial score (nSPS) is 14.7. The number of hydrogen-bond donors (Lipinski definition) is 1. The number of nitrogens with one attached hydrogen (secondary N) is 1. The number of nitriles is 3. The third-order valence-electron chi connectivity index (χ3n) is 2.78. The number of allylic oxidation sites excluding steroid dienone is 5. The van der Waals surface area contributed by atoms with Crippen LogP contribution >= 0.6 is 0 Å². The molecule has 0 radical (unpaired) electrons. The van der Waals surface area contributed by atoms with Crippen LogP contribution in [0.5, 0.6) is 0 Å². The summed E-state index contributed by atoms with van der Waals surface area (Å²) in [6, 6.07) is 5.68. The van der Waals surface area contributed by atoms with E-state index in [0.717, 1.165) is 23.3 Å². The minimum absolute atomic E-state index is 0.0598. The molecule has 4 heteroatoms. The molecular weight excluding hydrogens is 212 g/mol. The van der Waals surface area contributed by atoms with Crippen LogP contribution in [0.25, 0.3) is 0 Å². The first kappa shape index (κ1) is 12.6. The summed E-state index contributed by atoms with van der Waals surface area (Å²) in [5.41, 5.74) is 3.43. The molecular formula is C13H12N4. The fraction of sp³-hybridized carbons (Fsp3) is 0.308. The van der Waals surface area contributed by atoms with Gasteiger partial charge in [-0.25, -0.2) is 0 Å². The van der Waals surface area contributed by atoms with Gasteiger partial charge in [0.25, 0.3) is 0 Å². The van der Waals surface area contributed by atoms with E-state index in [1.165, 1.54) is 0 Å². The van der Waals surface area contributed by atoms with E-state index in [1.54, 1.807) is 0 Å². The Bertz CT molecular complexity index is 552. The van der Waals surface area contributed by atoms with Gasteiger partial charge < -0.3 is 5.32 Å². The zero-order valence-corrected chi connectivity index (χ0v) is 10.0. The van der Waals surface area contributed by atoms with Crippen molar-refractivity contribution in [1.82, 2.24) is 5.32 Å². The summed E-state index contributed by atoms with van der Waals surface area (Å²) in [7, 11) is 0. The predicted octanol–water partition coefficient (Wildman–Crippen LogP) is 2.41. The summed E-state index contributed by atoms with van der Waals surface area (Å²) in [5.74, 6) is 0. The van der Waals surface area contributed by atoms with Crippen LogP contribution in [-0.2, 0) is 0 Å². The van der Waals surface area contributed by atoms with Crippen LogP contribution in [0.2, 0.25) is 0 Å². The van der Waals surface area contributed by atoms with Gasteiger partial charge in [0.15, 0.2) is 5.57 Å². The first-order chi connectivity index (χ1) is 8.10. The zero-order chi connectivity index (χ0) is 13.0. The Morgan fingerprint density at radius 1 is 1.18 bits per heavy atom. The van der Waals surface area contributed by atoms with E-state index in [2.05, 4.69) is 11.4 Å². The highest BCUT2D eigenvalue weighted by molar-refractivity contribution is 5.61. The summed E-state index contributed by atoms with van der Waals surface area (Å²) in [6.45, 7) is 5.72. The Hall–Kier alpha value is -2.51. The second kappa shape index (κ2) is 5.01. The maximum Gasteiger partial charge on any atom is 0.154 e. The molecule has 0 aromatic carbocycles. The molecule has 17 heavy (non-hydrogen) atoms. The Kier molecular flexibility index (Phi) is 3.70. The maximum atomic E-state index is 9.15. The molecule has 0 saturated heterocycles. The molecule has 4 nitrogen and oxygen atoms in total. The number of dihydropyridines is 1. The van der Waals surface area contributed by atoms with E-state index in [1.807, 2.05) is 32.9 Å². The molecule has 0 amide bonds. The van der Waals surface area contributed by atoms with Gasteiger partial charge in [0.05, 0.1) is 11.3 Å². The minimum Gasteiger partial charge on any atom is -0.356 e. The Morgan fingerprint density at radius 2 is 1.76 bits per heavy atom. The molecule has 1 aliphatic heterocycles. The smallest absolute Gasteiger partial charge is 0.154 e. The van der Waals surface area contributed by atoms with Crippen LogP contribution in [0.3, 0.4) is 0 Å². The van der Waals surface area contributed by atoms with E-state index in [0.29, 0.717) is 11.3 Å². The minimum atomic E-state index is -0.0598. The predicted molar refractivity (Wildman–Crippen MR) is 62.7 cm³/mol. The van der Waals surface area contributed by atoms with Gasteiger partial charge in [0.2, 0.25) is 0 Å². The average Bonchev–Trinajstić information content (AvgIpc) is 2.31. The van der Waals surface area contributed by atoms with Gasteiger partial charge in [-0.2, -0.15) is 15.8 Å². The van der Waals surface area contributed by atoms with Gasteiger partial charge in [-0.3, -0.25) is 0 Å². The lowest BCUT2D eigenvalue weighted by Gasteiger charge is -2.23. The van der Waals surface area contributed by atoms with Gasteiger partial charge in [-0.1, -0.05) is 6.92 Å². The molecule has 0 atom stereocenters. The standard InChI is InChI=1S/C13H12N4/c1-4-11-8(2)12(7-16)13(17-9(11)3)10(5-14)6-15/h17H,4H2,1-3H3. The van der Waals surface area contributed by atoms with Crippen molar-refractivity contribution in [3.63, 3.8) is 0 Å². The molecule has 1 heterocycles. The van der Waals surface area contributed by atoms with Crippen LogP contribution in [0.15, 0.2) is 33.7 Å². The lowest BCUT2D eigenvalue weighted by Crippen LogP contribution is -2.22. The highest BCUT2D eigenvalue weighted by Crippen LogP contribution is 2.30. The fourth-order valence-corrected chi connectivity index (χ4v) is 1.94. The Balaban J connectivity index is 3.56. The van der Waals surface area contributed by atoms with Gasteiger partial charge >= 0.3 is 0 Å². The van der Waals surface area contributed by atoms with Crippen molar-refractivity contribution in [2.75, 3.05) is 0 Å². The monoisotopic (exact) mass is 224 g/mol. The van der Waals surface area contributed by atoms with Crippen molar-refractivity contribution < 1.29 is 0 Å². The van der Waals surface area contributed by atoms with Crippen molar-refractivity contribution in [3.05, 3.63) is 33.7 Å². The quantitative estimate of drug-likeness (QED) is 0.693. The molecule has 0 fully saturated rings. The first-order valence-electron chi connectivity index (χ1n) is 5.23. The largest absolute Gasteiger partial charge is 0.356 e. The molecule has 1 aliphatic rings. The summed E-state index contributed by atoms with van der Waals surface area (Å²) in [6.07, 6.45) is 0.803.